The van der Waals surface area contributed by atoms with E-state index in [-0.39, 0.29) is 11.8 Å². The van der Waals surface area contributed by atoms with E-state index in [1.165, 1.54) is 25.2 Å². The Morgan fingerprint density at radius 1 is 1.24 bits per heavy atom. The number of carbonyl (C=O) groups excluding carboxylic acids is 2. The molecular formula is C11H11N3O2S. The molecule has 0 saturated carbocycles. The van der Waals surface area contributed by atoms with E-state index < -0.39 is 0 Å². The summed E-state index contributed by atoms with van der Waals surface area (Å²) in [6, 6.07) is 3.65. The molecule has 2 heterocycles. The van der Waals surface area contributed by atoms with E-state index in [0.29, 0.717) is 10.7 Å². The second-order valence-electron chi connectivity index (χ2n) is 3.52. The number of carbonyl (C=O) groups is 2. The lowest BCUT2D eigenvalue weighted by atomic mass is 10.3. The molecule has 2 N–H and O–H groups in total. The summed E-state index contributed by atoms with van der Waals surface area (Å²) in [6.07, 6.45) is 1.67. The van der Waals surface area contributed by atoms with Gasteiger partial charge in [-0.25, -0.2) is 4.98 Å². The first-order valence-corrected chi connectivity index (χ1v) is 5.82. The van der Waals surface area contributed by atoms with Crippen molar-refractivity contribution in [2.24, 2.45) is 0 Å². The molecule has 0 saturated heterocycles. The molecule has 0 bridgehead atoms. The van der Waals surface area contributed by atoms with E-state index in [1.807, 2.05) is 6.07 Å². The van der Waals surface area contributed by atoms with E-state index in [1.54, 1.807) is 12.3 Å². The van der Waals surface area contributed by atoms with Crippen molar-refractivity contribution in [2.75, 3.05) is 10.6 Å². The van der Waals surface area contributed by atoms with Crippen molar-refractivity contribution in [1.29, 1.82) is 0 Å². The van der Waals surface area contributed by atoms with Crippen LogP contribution in [0.4, 0.5) is 10.7 Å². The normalized spacial score (nSPS) is 10.2. The number of thiophene rings is 1. The number of pyridine rings is 1. The molecule has 0 unspecified atom stereocenters. The van der Waals surface area contributed by atoms with E-state index in [9.17, 15) is 9.59 Å². The monoisotopic (exact) mass is 249 g/mol. The van der Waals surface area contributed by atoms with Crippen LogP contribution in [0.25, 0.3) is 10.2 Å². The lowest BCUT2D eigenvalue weighted by molar-refractivity contribution is -0.115. The van der Waals surface area contributed by atoms with Crippen LogP contribution in [0.3, 0.4) is 0 Å². The molecule has 6 heteroatoms. The third-order valence-corrected chi connectivity index (χ3v) is 3.09. The number of amides is 2. The number of rotatable bonds is 2. The molecule has 5 nitrogen and oxygen atoms in total. The number of nitrogens with one attached hydrogen (secondary N) is 2. The first kappa shape index (κ1) is 11.5. The van der Waals surface area contributed by atoms with Crippen molar-refractivity contribution < 1.29 is 9.59 Å². The van der Waals surface area contributed by atoms with E-state index in [0.717, 1.165) is 10.2 Å². The minimum Gasteiger partial charge on any atom is -0.323 e. The molecule has 0 aliphatic heterocycles. The van der Waals surface area contributed by atoms with E-state index >= 15 is 0 Å². The van der Waals surface area contributed by atoms with Gasteiger partial charge in [-0.1, -0.05) is 11.3 Å². The first-order chi connectivity index (χ1) is 8.08. The Morgan fingerprint density at radius 3 is 2.59 bits per heavy atom. The SMILES string of the molecule is CC(=O)Nc1sc2ncccc2c1NC(C)=O. The van der Waals surface area contributed by atoms with Gasteiger partial charge in [0.1, 0.15) is 9.83 Å². The van der Waals surface area contributed by atoms with Crippen molar-refractivity contribution in [1.82, 2.24) is 4.98 Å². The summed E-state index contributed by atoms with van der Waals surface area (Å²) < 4.78 is 0. The average molecular weight is 249 g/mol. The number of nitrogens with zero attached hydrogens (tertiary/aromatic N) is 1. The maximum absolute atomic E-state index is 11.2. The van der Waals surface area contributed by atoms with Crippen LogP contribution in [-0.2, 0) is 9.59 Å². The highest BCUT2D eigenvalue weighted by molar-refractivity contribution is 7.23. The Balaban J connectivity index is 2.56. The predicted molar refractivity (Wildman–Crippen MR) is 68.2 cm³/mol. The molecule has 0 aliphatic carbocycles. The average Bonchev–Trinajstić information content (AvgIpc) is 2.55. The number of hydrogen-bond acceptors (Lipinski definition) is 4. The minimum absolute atomic E-state index is 0.178. The van der Waals surface area contributed by atoms with Gasteiger partial charge >= 0.3 is 0 Å². The summed E-state index contributed by atoms with van der Waals surface area (Å²) >= 11 is 1.34. The Bertz CT molecular complexity index is 591. The van der Waals surface area contributed by atoms with Crippen LogP contribution in [0.5, 0.6) is 0 Å². The highest BCUT2D eigenvalue weighted by Crippen LogP contribution is 2.38. The summed E-state index contributed by atoms with van der Waals surface area (Å²) in [5.41, 5.74) is 0.612. The smallest absolute Gasteiger partial charge is 0.221 e. The quantitative estimate of drug-likeness (QED) is 0.857. The van der Waals surface area contributed by atoms with Crippen LogP contribution in [0, 0.1) is 0 Å². The van der Waals surface area contributed by atoms with Crippen molar-refractivity contribution in [2.45, 2.75) is 13.8 Å². The molecule has 0 aromatic carbocycles. The largest absolute Gasteiger partial charge is 0.323 e. The zero-order valence-electron chi connectivity index (χ0n) is 9.40. The first-order valence-electron chi connectivity index (χ1n) is 5.00. The Morgan fingerprint density at radius 2 is 1.94 bits per heavy atom. The summed E-state index contributed by atoms with van der Waals surface area (Å²) in [6.45, 7) is 2.85. The number of hydrogen-bond donors (Lipinski definition) is 2. The molecule has 0 atom stereocenters. The van der Waals surface area contributed by atoms with Crippen LogP contribution in [0.1, 0.15) is 13.8 Å². The molecule has 0 radical (unpaired) electrons. The Labute approximate surface area is 102 Å². The second-order valence-corrected chi connectivity index (χ2v) is 4.52. The van der Waals surface area contributed by atoms with Gasteiger partial charge in [0.05, 0.1) is 5.69 Å². The molecule has 2 aromatic heterocycles. The van der Waals surface area contributed by atoms with Crippen LogP contribution >= 0.6 is 11.3 Å². The van der Waals surface area contributed by atoms with Gasteiger partial charge in [0, 0.05) is 25.4 Å². The highest BCUT2D eigenvalue weighted by Gasteiger charge is 2.14. The summed E-state index contributed by atoms with van der Waals surface area (Å²) in [5, 5.41) is 6.85. The van der Waals surface area contributed by atoms with Crippen molar-refractivity contribution in [3.05, 3.63) is 18.3 Å². The fraction of sp³-hybridized carbons (Fsp3) is 0.182. The van der Waals surface area contributed by atoms with Gasteiger partial charge in [-0.05, 0) is 12.1 Å². The van der Waals surface area contributed by atoms with Gasteiger partial charge in [0.15, 0.2) is 0 Å². The third-order valence-electron chi connectivity index (χ3n) is 2.06. The zero-order valence-corrected chi connectivity index (χ0v) is 10.2. The summed E-state index contributed by atoms with van der Waals surface area (Å²) in [7, 11) is 0. The van der Waals surface area contributed by atoms with Crippen molar-refractivity contribution in [3.63, 3.8) is 0 Å². The van der Waals surface area contributed by atoms with E-state index in [4.69, 9.17) is 0 Å². The molecule has 88 valence electrons. The lowest BCUT2D eigenvalue weighted by Gasteiger charge is -2.04. The topological polar surface area (TPSA) is 71.1 Å². The predicted octanol–water partition coefficient (Wildman–Crippen LogP) is 2.21. The van der Waals surface area contributed by atoms with Crippen molar-refractivity contribution in [3.8, 4) is 0 Å². The molecule has 2 rings (SSSR count). The molecule has 2 amide bonds. The molecular weight excluding hydrogens is 238 g/mol. The number of aromatic nitrogens is 1. The number of fused-ring (bicyclic) bond motifs is 1. The van der Waals surface area contributed by atoms with Gasteiger partial charge in [-0.3, -0.25) is 9.59 Å². The van der Waals surface area contributed by atoms with Gasteiger partial charge in [0.25, 0.3) is 0 Å². The molecule has 0 aliphatic rings. The maximum Gasteiger partial charge on any atom is 0.221 e. The van der Waals surface area contributed by atoms with Crippen LogP contribution in [0.15, 0.2) is 18.3 Å². The molecule has 0 spiro atoms. The van der Waals surface area contributed by atoms with Crippen molar-refractivity contribution >= 4 is 44.1 Å². The van der Waals surface area contributed by atoms with Gasteiger partial charge in [-0.2, -0.15) is 0 Å². The summed E-state index contributed by atoms with van der Waals surface area (Å²) in [4.78, 5) is 27.2. The van der Waals surface area contributed by atoms with Crippen LogP contribution in [0.2, 0.25) is 0 Å². The minimum atomic E-state index is -0.180. The zero-order chi connectivity index (χ0) is 12.4. The lowest BCUT2D eigenvalue weighted by Crippen LogP contribution is -2.10. The standard InChI is InChI=1S/C11H11N3O2S/c1-6(15)13-9-8-4-3-5-12-10(8)17-11(9)14-7(2)16/h3-5H,1-2H3,(H,13,15)(H,14,16). The number of anilines is 2. The Hall–Kier alpha value is -1.95. The summed E-state index contributed by atoms with van der Waals surface area (Å²) in [5.74, 6) is -0.358. The fourth-order valence-corrected chi connectivity index (χ4v) is 2.53. The third kappa shape index (κ3) is 2.42. The highest BCUT2D eigenvalue weighted by atomic mass is 32.1. The second kappa shape index (κ2) is 4.50. The molecule has 17 heavy (non-hydrogen) atoms. The fourth-order valence-electron chi connectivity index (χ4n) is 1.48. The van der Waals surface area contributed by atoms with E-state index in [2.05, 4.69) is 15.6 Å². The van der Waals surface area contributed by atoms with Crippen LogP contribution in [-0.4, -0.2) is 16.8 Å². The Kier molecular flexibility index (Phi) is 3.06. The molecule has 2 aromatic rings. The maximum atomic E-state index is 11.2. The van der Waals surface area contributed by atoms with Crippen LogP contribution < -0.4 is 10.6 Å². The van der Waals surface area contributed by atoms with Gasteiger partial charge < -0.3 is 10.6 Å². The molecule has 0 fully saturated rings. The van der Waals surface area contributed by atoms with Gasteiger partial charge in [-0.15, -0.1) is 0 Å². The van der Waals surface area contributed by atoms with Gasteiger partial charge in [0.2, 0.25) is 11.8 Å².